The summed E-state index contributed by atoms with van der Waals surface area (Å²) < 4.78 is 5.43. The van der Waals surface area contributed by atoms with Crippen molar-refractivity contribution in [2.45, 2.75) is 0 Å². The monoisotopic (exact) mass is 465 g/mol. The van der Waals surface area contributed by atoms with Crippen molar-refractivity contribution in [3.8, 4) is 22.9 Å². The molecule has 2 amide bonds. The Morgan fingerprint density at radius 1 is 0.938 bits per heavy atom. The maximum absolute atomic E-state index is 11.9. The number of hydrazine groups is 1. The van der Waals surface area contributed by atoms with E-state index in [1.165, 1.54) is 12.2 Å². The van der Waals surface area contributed by atoms with Gasteiger partial charge in [0.05, 0.1) is 11.6 Å². The van der Waals surface area contributed by atoms with Gasteiger partial charge in [0, 0.05) is 16.1 Å². The molecule has 0 atom stereocenters. The van der Waals surface area contributed by atoms with E-state index in [4.69, 9.17) is 33.2 Å². The molecule has 3 aromatic rings. The van der Waals surface area contributed by atoms with Crippen molar-refractivity contribution in [3.63, 3.8) is 0 Å². The minimum Gasteiger partial charge on any atom is -0.484 e. The molecule has 0 aliphatic rings. The molecular weight excluding hydrogens is 449 g/mol. The Morgan fingerprint density at radius 3 is 2.22 bits per heavy atom. The van der Waals surface area contributed by atoms with Crippen LogP contribution < -0.4 is 15.6 Å². The molecule has 0 aromatic heterocycles. The van der Waals surface area contributed by atoms with E-state index in [2.05, 4.69) is 16.9 Å². The fraction of sp³-hybridized carbons (Fsp3) is 0.0417. The lowest BCUT2D eigenvalue weighted by Crippen LogP contribution is -2.43. The van der Waals surface area contributed by atoms with E-state index in [1.807, 2.05) is 24.3 Å². The van der Waals surface area contributed by atoms with E-state index in [0.29, 0.717) is 26.9 Å². The highest BCUT2D eigenvalue weighted by Crippen LogP contribution is 2.23. The number of carbonyl (C=O) groups excluding carboxylic acids is 2. The number of nitrogens with one attached hydrogen (secondary N) is 2. The smallest absolute Gasteiger partial charge is 0.276 e. The first-order chi connectivity index (χ1) is 15.4. The minimum absolute atomic E-state index is 0.275. The summed E-state index contributed by atoms with van der Waals surface area (Å²) in [5, 5.41) is 9.77. The second-order valence-electron chi connectivity index (χ2n) is 6.54. The van der Waals surface area contributed by atoms with E-state index >= 15 is 0 Å². The molecule has 0 aliphatic heterocycles. The summed E-state index contributed by atoms with van der Waals surface area (Å²) in [6.07, 6.45) is 2.74. The first-order valence-electron chi connectivity index (χ1n) is 9.40. The van der Waals surface area contributed by atoms with E-state index < -0.39 is 11.8 Å². The fourth-order valence-electron chi connectivity index (χ4n) is 2.64. The van der Waals surface area contributed by atoms with Gasteiger partial charge in [0.2, 0.25) is 0 Å². The van der Waals surface area contributed by atoms with E-state index in [0.717, 1.165) is 11.1 Å². The van der Waals surface area contributed by atoms with E-state index in [1.54, 1.807) is 42.5 Å². The van der Waals surface area contributed by atoms with Crippen LogP contribution in [0.25, 0.3) is 17.2 Å². The normalized spacial score (nSPS) is 10.4. The molecule has 0 aliphatic carbocycles. The molecule has 0 saturated carbocycles. The van der Waals surface area contributed by atoms with Gasteiger partial charge in [-0.3, -0.25) is 20.4 Å². The van der Waals surface area contributed by atoms with Gasteiger partial charge in [-0.1, -0.05) is 53.5 Å². The number of benzene rings is 3. The molecule has 0 radical (unpaired) electrons. The number of amides is 2. The molecule has 2 N–H and O–H groups in total. The number of hydrogen-bond acceptors (Lipinski definition) is 4. The minimum atomic E-state index is -0.531. The summed E-state index contributed by atoms with van der Waals surface area (Å²) in [5.74, 6) is -0.551. The van der Waals surface area contributed by atoms with Crippen molar-refractivity contribution in [2.24, 2.45) is 0 Å². The third-order valence-corrected chi connectivity index (χ3v) is 4.84. The lowest BCUT2D eigenvalue weighted by atomic mass is 10.0. The molecule has 160 valence electrons. The lowest BCUT2D eigenvalue weighted by Gasteiger charge is -2.08. The number of carbonyl (C=O) groups is 2. The standard InChI is InChI=1S/C24H17Cl2N3O3/c25-20-9-5-19(22(26)13-20)8-12-23(30)28-29-24(31)15-32-21-10-6-18(7-11-21)17-3-1-16(14-27)2-4-17/h1-13H,15H2,(H,28,30)(H,29,31)/b12-8+. The van der Waals surface area contributed by atoms with Gasteiger partial charge in [-0.25, -0.2) is 0 Å². The van der Waals surface area contributed by atoms with Crippen LogP contribution in [0, 0.1) is 11.3 Å². The number of nitriles is 1. The van der Waals surface area contributed by atoms with Crippen molar-refractivity contribution in [3.05, 3.63) is 94.0 Å². The summed E-state index contributed by atoms with van der Waals surface area (Å²) in [7, 11) is 0. The average molecular weight is 466 g/mol. The molecule has 32 heavy (non-hydrogen) atoms. The van der Waals surface area contributed by atoms with Gasteiger partial charge < -0.3 is 4.74 Å². The van der Waals surface area contributed by atoms with Gasteiger partial charge in [-0.05, 0) is 59.2 Å². The van der Waals surface area contributed by atoms with Gasteiger partial charge in [-0.15, -0.1) is 0 Å². The molecule has 6 nitrogen and oxygen atoms in total. The summed E-state index contributed by atoms with van der Waals surface area (Å²) >= 11 is 11.9. The first-order valence-corrected chi connectivity index (χ1v) is 10.2. The molecule has 0 saturated heterocycles. The number of ether oxygens (including phenoxy) is 1. The first kappa shape index (κ1) is 22.9. The number of halogens is 2. The number of rotatable bonds is 6. The van der Waals surface area contributed by atoms with Crippen molar-refractivity contribution in [1.29, 1.82) is 5.26 Å². The third kappa shape index (κ3) is 6.61. The van der Waals surface area contributed by atoms with Gasteiger partial charge in [0.25, 0.3) is 11.8 Å². The zero-order valence-electron chi connectivity index (χ0n) is 16.6. The Hall–Kier alpha value is -3.79. The summed E-state index contributed by atoms with van der Waals surface area (Å²) in [5.41, 5.74) is 7.65. The topological polar surface area (TPSA) is 91.2 Å². The van der Waals surface area contributed by atoms with Crippen molar-refractivity contribution in [1.82, 2.24) is 10.9 Å². The van der Waals surface area contributed by atoms with Gasteiger partial charge in [0.1, 0.15) is 5.75 Å². The van der Waals surface area contributed by atoms with Crippen LogP contribution in [0.5, 0.6) is 5.75 Å². The van der Waals surface area contributed by atoms with Crippen molar-refractivity contribution in [2.75, 3.05) is 6.61 Å². The zero-order valence-corrected chi connectivity index (χ0v) is 18.2. The zero-order chi connectivity index (χ0) is 22.9. The Kier molecular flexibility index (Phi) is 7.87. The quantitative estimate of drug-likeness (QED) is 0.405. The molecule has 0 unspecified atom stereocenters. The number of hydrogen-bond donors (Lipinski definition) is 2. The van der Waals surface area contributed by atoms with Gasteiger partial charge in [0.15, 0.2) is 6.61 Å². The molecule has 3 rings (SSSR count). The molecule has 3 aromatic carbocycles. The van der Waals surface area contributed by atoms with Crippen LogP contribution in [-0.2, 0) is 9.59 Å². The van der Waals surface area contributed by atoms with Crippen LogP contribution in [0.15, 0.2) is 72.8 Å². The van der Waals surface area contributed by atoms with Crippen LogP contribution in [0.4, 0.5) is 0 Å². The second kappa shape index (κ2) is 11.0. The maximum atomic E-state index is 11.9. The van der Waals surface area contributed by atoms with Crippen molar-refractivity contribution >= 4 is 41.1 Å². The van der Waals surface area contributed by atoms with Gasteiger partial charge in [-0.2, -0.15) is 5.26 Å². The average Bonchev–Trinajstić information content (AvgIpc) is 2.81. The highest BCUT2D eigenvalue weighted by atomic mass is 35.5. The highest BCUT2D eigenvalue weighted by molar-refractivity contribution is 6.35. The van der Waals surface area contributed by atoms with Crippen molar-refractivity contribution < 1.29 is 14.3 Å². The summed E-state index contributed by atoms with van der Waals surface area (Å²) in [4.78, 5) is 23.7. The third-order valence-electron chi connectivity index (χ3n) is 4.27. The van der Waals surface area contributed by atoms with Crippen LogP contribution in [0.2, 0.25) is 10.0 Å². The molecule has 0 fully saturated rings. The molecule has 0 bridgehead atoms. The van der Waals surface area contributed by atoms with Crippen LogP contribution in [0.1, 0.15) is 11.1 Å². The largest absolute Gasteiger partial charge is 0.484 e. The fourth-order valence-corrected chi connectivity index (χ4v) is 3.11. The van der Waals surface area contributed by atoms with E-state index in [-0.39, 0.29) is 6.61 Å². The molecule has 0 spiro atoms. The Morgan fingerprint density at radius 2 is 1.59 bits per heavy atom. The Bertz CT molecular complexity index is 1180. The Labute approximate surface area is 195 Å². The summed E-state index contributed by atoms with van der Waals surface area (Å²) in [6.45, 7) is -0.275. The SMILES string of the molecule is N#Cc1ccc(-c2ccc(OCC(=O)NNC(=O)/C=C/c3ccc(Cl)cc3Cl)cc2)cc1. The maximum Gasteiger partial charge on any atom is 0.276 e. The predicted molar refractivity (Wildman–Crippen MR) is 124 cm³/mol. The second-order valence-corrected chi connectivity index (χ2v) is 7.38. The predicted octanol–water partition coefficient (Wildman–Crippen LogP) is 4.77. The molecule has 0 heterocycles. The summed E-state index contributed by atoms with van der Waals surface area (Å²) in [6, 6.07) is 21.4. The van der Waals surface area contributed by atoms with Gasteiger partial charge >= 0.3 is 0 Å². The number of nitrogens with zero attached hydrogens (tertiary/aromatic N) is 1. The Balaban J connectivity index is 1.44. The van der Waals surface area contributed by atoms with Crippen LogP contribution >= 0.6 is 23.2 Å². The lowest BCUT2D eigenvalue weighted by molar-refractivity contribution is -0.128. The van der Waals surface area contributed by atoms with Crippen LogP contribution in [-0.4, -0.2) is 18.4 Å². The molecular formula is C24H17Cl2N3O3. The van der Waals surface area contributed by atoms with Crippen LogP contribution in [0.3, 0.4) is 0 Å². The highest BCUT2D eigenvalue weighted by Gasteiger charge is 2.05. The molecule has 8 heteroatoms. The van der Waals surface area contributed by atoms with E-state index in [9.17, 15) is 9.59 Å².